The monoisotopic (exact) mass is 271 g/mol. The molecular formula is C13H12F3NO2. The molecule has 3 rings (SSSR count). The lowest BCUT2D eigenvalue weighted by Crippen LogP contribution is -2.32. The van der Waals surface area contributed by atoms with Crippen LogP contribution in [0, 0.1) is 11.7 Å². The highest BCUT2D eigenvalue weighted by Gasteiger charge is 2.63. The smallest absolute Gasteiger partial charge is 0.260 e. The Bertz CT molecular complexity index is 503. The average Bonchev–Trinajstić information content (AvgIpc) is 2.81. The molecule has 0 spiro atoms. The third kappa shape index (κ3) is 2.20. The third-order valence-corrected chi connectivity index (χ3v) is 3.50. The second-order valence-corrected chi connectivity index (χ2v) is 4.87. The van der Waals surface area contributed by atoms with Crippen molar-refractivity contribution in [2.75, 3.05) is 6.61 Å². The molecule has 6 heteroatoms. The van der Waals surface area contributed by atoms with E-state index in [1.807, 2.05) is 0 Å². The van der Waals surface area contributed by atoms with Gasteiger partial charge in [0.15, 0.2) is 0 Å². The van der Waals surface area contributed by atoms with Gasteiger partial charge in [0.1, 0.15) is 11.7 Å². The normalized spacial score (nSPS) is 28.5. The molecule has 0 N–H and O–H groups in total. The Morgan fingerprint density at radius 2 is 1.95 bits per heavy atom. The van der Waals surface area contributed by atoms with E-state index in [2.05, 4.69) is 0 Å². The summed E-state index contributed by atoms with van der Waals surface area (Å²) in [6.07, 6.45) is 0.109. The molecule has 1 aliphatic carbocycles. The Hall–Kier alpha value is -1.56. The lowest BCUT2D eigenvalue weighted by atomic mass is 10.0. The van der Waals surface area contributed by atoms with E-state index in [9.17, 15) is 18.0 Å². The summed E-state index contributed by atoms with van der Waals surface area (Å²) in [6, 6.07) is 5.23. The van der Waals surface area contributed by atoms with Gasteiger partial charge in [-0.2, -0.15) is 0 Å². The number of hydrogen-bond acceptors (Lipinski definition) is 2. The van der Waals surface area contributed by atoms with E-state index in [4.69, 9.17) is 4.84 Å². The molecule has 2 fully saturated rings. The van der Waals surface area contributed by atoms with Gasteiger partial charge in [0.2, 0.25) is 0 Å². The average molecular weight is 271 g/mol. The molecule has 1 aromatic carbocycles. The summed E-state index contributed by atoms with van der Waals surface area (Å²) in [5, 5.41) is 1.03. The van der Waals surface area contributed by atoms with Crippen LogP contribution >= 0.6 is 0 Å². The summed E-state index contributed by atoms with van der Waals surface area (Å²) in [5.74, 6) is -5.24. The van der Waals surface area contributed by atoms with E-state index < -0.39 is 30.2 Å². The number of amides is 1. The number of hydroxylamine groups is 2. The summed E-state index contributed by atoms with van der Waals surface area (Å²) < 4.78 is 38.7. The molecule has 1 heterocycles. The number of benzene rings is 1. The van der Waals surface area contributed by atoms with Crippen LogP contribution in [0.4, 0.5) is 13.2 Å². The lowest BCUT2D eigenvalue weighted by Gasteiger charge is -2.22. The summed E-state index contributed by atoms with van der Waals surface area (Å²) in [5.41, 5.74) is 0.691. The molecule has 102 valence electrons. The van der Waals surface area contributed by atoms with Gasteiger partial charge in [-0.15, -0.1) is 0 Å². The molecule has 1 amide bonds. The minimum absolute atomic E-state index is 0.298. The molecule has 1 unspecified atom stereocenters. The number of nitrogens with zero attached hydrogens (tertiary/aromatic N) is 1. The summed E-state index contributed by atoms with van der Waals surface area (Å²) in [6.45, 7) is 0.298. The van der Waals surface area contributed by atoms with Crippen molar-refractivity contribution in [1.29, 1.82) is 0 Å². The van der Waals surface area contributed by atoms with E-state index >= 15 is 0 Å². The van der Waals surface area contributed by atoms with Gasteiger partial charge in [0.05, 0.1) is 12.6 Å². The topological polar surface area (TPSA) is 29.5 Å². The fourth-order valence-electron chi connectivity index (χ4n) is 2.31. The summed E-state index contributed by atoms with van der Waals surface area (Å²) in [7, 11) is 0. The number of carbonyl (C=O) groups excluding carboxylic acids is 1. The third-order valence-electron chi connectivity index (χ3n) is 3.50. The zero-order valence-electron chi connectivity index (χ0n) is 9.98. The largest absolute Gasteiger partial charge is 0.272 e. The highest BCUT2D eigenvalue weighted by Crippen LogP contribution is 2.51. The zero-order valence-corrected chi connectivity index (χ0v) is 9.98. The summed E-state index contributed by atoms with van der Waals surface area (Å²) >= 11 is 0. The van der Waals surface area contributed by atoms with Gasteiger partial charge in [0.25, 0.3) is 11.8 Å². The van der Waals surface area contributed by atoms with E-state index in [1.165, 1.54) is 12.1 Å². The summed E-state index contributed by atoms with van der Waals surface area (Å²) in [4.78, 5) is 17.1. The number of halogens is 3. The first-order valence-corrected chi connectivity index (χ1v) is 6.08. The van der Waals surface area contributed by atoms with E-state index in [1.54, 1.807) is 12.1 Å². The fraction of sp³-hybridized carbons (Fsp3) is 0.462. The number of rotatable bonds is 2. The number of hydrogen-bond donors (Lipinski definition) is 0. The fourth-order valence-corrected chi connectivity index (χ4v) is 2.31. The Kier molecular flexibility index (Phi) is 2.78. The van der Waals surface area contributed by atoms with Crippen molar-refractivity contribution in [2.45, 2.75) is 24.8 Å². The maximum absolute atomic E-state index is 12.9. The maximum atomic E-state index is 12.9. The molecule has 1 saturated heterocycles. The molecule has 3 nitrogen and oxygen atoms in total. The Labute approximate surface area is 107 Å². The molecule has 19 heavy (non-hydrogen) atoms. The molecule has 0 radical (unpaired) electrons. The highest BCUT2D eigenvalue weighted by molar-refractivity contribution is 5.82. The van der Waals surface area contributed by atoms with Gasteiger partial charge < -0.3 is 0 Å². The van der Waals surface area contributed by atoms with Crippen molar-refractivity contribution in [2.24, 2.45) is 5.92 Å². The molecule has 2 aliphatic rings. The van der Waals surface area contributed by atoms with Crippen LogP contribution in [0.5, 0.6) is 0 Å². The highest BCUT2D eigenvalue weighted by atomic mass is 19.3. The Balaban J connectivity index is 1.78. The van der Waals surface area contributed by atoms with E-state index in [-0.39, 0.29) is 5.82 Å². The molecule has 0 bridgehead atoms. The Morgan fingerprint density at radius 1 is 1.32 bits per heavy atom. The van der Waals surface area contributed by atoms with Gasteiger partial charge in [-0.3, -0.25) is 9.63 Å². The van der Waals surface area contributed by atoms with E-state index in [0.717, 1.165) is 5.06 Å². The number of carbonyl (C=O) groups is 1. The van der Waals surface area contributed by atoms with Crippen LogP contribution in [-0.2, 0) is 9.63 Å². The molecule has 0 aromatic heterocycles. The quantitative estimate of drug-likeness (QED) is 0.827. The molecule has 1 aliphatic heterocycles. The van der Waals surface area contributed by atoms with E-state index in [0.29, 0.717) is 18.6 Å². The van der Waals surface area contributed by atoms with Gasteiger partial charge in [-0.05, 0) is 17.7 Å². The second kappa shape index (κ2) is 4.23. The van der Waals surface area contributed by atoms with Crippen LogP contribution in [0.25, 0.3) is 0 Å². The van der Waals surface area contributed by atoms with Crippen LogP contribution in [-0.4, -0.2) is 23.5 Å². The van der Waals surface area contributed by atoms with Crippen molar-refractivity contribution in [3.8, 4) is 0 Å². The van der Waals surface area contributed by atoms with Crippen LogP contribution in [0.1, 0.15) is 24.4 Å². The van der Waals surface area contributed by atoms with Crippen molar-refractivity contribution in [3.05, 3.63) is 35.6 Å². The van der Waals surface area contributed by atoms with Crippen LogP contribution in [0.3, 0.4) is 0 Å². The van der Waals surface area contributed by atoms with Crippen LogP contribution in [0.15, 0.2) is 24.3 Å². The SMILES string of the molecule is O=C(C1CC1(F)F)N1OCC[C@H]1c1ccc(F)cc1. The van der Waals surface area contributed by atoms with Crippen molar-refractivity contribution in [1.82, 2.24) is 5.06 Å². The minimum Gasteiger partial charge on any atom is -0.272 e. The first-order chi connectivity index (χ1) is 8.99. The maximum Gasteiger partial charge on any atom is 0.260 e. The standard InChI is InChI=1S/C13H12F3NO2/c14-9-3-1-8(2-4-9)11-5-6-19-17(11)12(18)10-7-13(10,15)16/h1-4,10-11H,5-7H2/t10?,11-/m0/s1. The van der Waals surface area contributed by atoms with Gasteiger partial charge in [0, 0.05) is 12.8 Å². The number of alkyl halides is 2. The first-order valence-electron chi connectivity index (χ1n) is 6.08. The molecular weight excluding hydrogens is 259 g/mol. The zero-order chi connectivity index (χ0) is 13.6. The van der Waals surface area contributed by atoms with Crippen molar-refractivity contribution in [3.63, 3.8) is 0 Å². The lowest BCUT2D eigenvalue weighted by molar-refractivity contribution is -0.180. The van der Waals surface area contributed by atoms with Crippen molar-refractivity contribution >= 4 is 5.91 Å². The van der Waals surface area contributed by atoms with Crippen LogP contribution < -0.4 is 0 Å². The van der Waals surface area contributed by atoms with Gasteiger partial charge >= 0.3 is 0 Å². The predicted octanol–water partition coefficient (Wildman–Crippen LogP) is 2.69. The molecule has 1 saturated carbocycles. The Morgan fingerprint density at radius 3 is 2.53 bits per heavy atom. The van der Waals surface area contributed by atoms with Crippen molar-refractivity contribution < 1.29 is 22.8 Å². The minimum atomic E-state index is -2.91. The molecule has 1 aromatic rings. The predicted molar refractivity (Wildman–Crippen MR) is 59.6 cm³/mol. The first kappa shape index (κ1) is 12.5. The van der Waals surface area contributed by atoms with Gasteiger partial charge in [-0.25, -0.2) is 18.2 Å². The second-order valence-electron chi connectivity index (χ2n) is 4.87. The molecule has 2 atom stereocenters. The van der Waals surface area contributed by atoms with Crippen LogP contribution in [0.2, 0.25) is 0 Å². The van der Waals surface area contributed by atoms with Gasteiger partial charge in [-0.1, -0.05) is 12.1 Å².